The fraction of sp³-hybridized carbons (Fsp3) is 0. The molecule has 0 amide bonds. The highest BCUT2D eigenvalue weighted by Gasteiger charge is 2.18. The van der Waals surface area contributed by atoms with Gasteiger partial charge in [0.05, 0.1) is 0 Å². The van der Waals surface area contributed by atoms with E-state index in [1.54, 1.807) is 0 Å². The molecule has 1 heterocycles. The monoisotopic (exact) mass is 815 g/mol. The molecule has 2 nitrogen and oxygen atoms in total. The van der Waals surface area contributed by atoms with Gasteiger partial charge >= 0.3 is 0 Å². The minimum Gasteiger partial charge on any atom is -0.455 e. The van der Waals surface area contributed by atoms with Gasteiger partial charge in [-0.15, -0.1) is 0 Å². The molecule has 0 fully saturated rings. The van der Waals surface area contributed by atoms with Gasteiger partial charge < -0.3 is 9.32 Å². The first-order valence-corrected chi connectivity index (χ1v) is 21.9. The lowest BCUT2D eigenvalue weighted by Crippen LogP contribution is -2.09. The summed E-state index contributed by atoms with van der Waals surface area (Å²) in [6.45, 7) is 0. The molecule has 300 valence electrons. The van der Waals surface area contributed by atoms with E-state index in [2.05, 4.69) is 254 Å². The first kappa shape index (κ1) is 37.3. The topological polar surface area (TPSA) is 16.4 Å². The average molecular weight is 816 g/mol. The van der Waals surface area contributed by atoms with Crippen molar-refractivity contribution in [3.8, 4) is 55.6 Å². The summed E-state index contributed by atoms with van der Waals surface area (Å²) in [5, 5.41) is 7.06. The Labute approximate surface area is 372 Å². The predicted octanol–water partition coefficient (Wildman–Crippen LogP) is 17.7. The van der Waals surface area contributed by atoms with Gasteiger partial charge in [0, 0.05) is 33.2 Å². The van der Waals surface area contributed by atoms with Crippen LogP contribution in [-0.4, -0.2) is 0 Å². The molecule has 12 rings (SSSR count). The quantitative estimate of drug-likeness (QED) is 0.152. The first-order valence-electron chi connectivity index (χ1n) is 21.9. The van der Waals surface area contributed by atoms with Crippen LogP contribution in [0.2, 0.25) is 0 Å². The smallest absolute Gasteiger partial charge is 0.143 e. The molecule has 0 aliphatic heterocycles. The lowest BCUT2D eigenvalue weighted by molar-refractivity contribution is 0.673. The van der Waals surface area contributed by atoms with E-state index in [-0.39, 0.29) is 0 Å². The zero-order valence-corrected chi connectivity index (χ0v) is 35.0. The summed E-state index contributed by atoms with van der Waals surface area (Å²) in [4.78, 5) is 2.35. The molecule has 2 heteroatoms. The highest BCUT2D eigenvalue weighted by molar-refractivity contribution is 6.19. The molecule has 0 spiro atoms. The first-order chi connectivity index (χ1) is 31.7. The Morgan fingerprint density at radius 2 is 0.734 bits per heavy atom. The number of rotatable bonds is 8. The molecule has 0 radical (unpaired) electrons. The minimum atomic E-state index is 0.895. The van der Waals surface area contributed by atoms with E-state index in [0.29, 0.717) is 0 Å². The van der Waals surface area contributed by atoms with Crippen molar-refractivity contribution in [2.24, 2.45) is 0 Å². The van der Waals surface area contributed by atoms with E-state index in [1.165, 1.54) is 55.1 Å². The Morgan fingerprint density at radius 1 is 0.266 bits per heavy atom. The number of fused-ring (bicyclic) bond motifs is 6. The largest absolute Gasteiger partial charge is 0.455 e. The molecule has 0 bridgehead atoms. The second-order valence-electron chi connectivity index (χ2n) is 16.5. The number of hydrogen-bond acceptors (Lipinski definition) is 2. The molecule has 64 heavy (non-hydrogen) atoms. The van der Waals surface area contributed by atoms with Crippen LogP contribution in [0.1, 0.15) is 0 Å². The zero-order valence-electron chi connectivity index (χ0n) is 35.0. The van der Waals surface area contributed by atoms with Gasteiger partial charge in [0.2, 0.25) is 0 Å². The molecule has 0 N–H and O–H groups in total. The Bertz CT molecular complexity index is 3570. The summed E-state index contributed by atoms with van der Waals surface area (Å²) in [7, 11) is 0. The standard InChI is InChI=1S/C62H41NO/c1-3-12-42(13-4-1)51-39-52(43-14-5-2-6-15-43)41-53(40-51)46-26-33-55(34-27-46)63(54-31-24-45(25-32-54)50-23-22-44-16-7-8-18-49(44)38-50)56-35-28-48(29-36-56)57-20-11-21-60-61(57)59-37-30-47-17-9-10-19-58(47)62(59)64-60/h1-41H. The van der Waals surface area contributed by atoms with E-state index in [4.69, 9.17) is 4.42 Å². The predicted molar refractivity (Wildman–Crippen MR) is 271 cm³/mol. The Balaban J connectivity index is 0.946. The summed E-state index contributed by atoms with van der Waals surface area (Å²) in [6, 6.07) is 89.7. The molecule has 0 aliphatic carbocycles. The molecule has 0 atom stereocenters. The van der Waals surface area contributed by atoms with Gasteiger partial charge in [0.1, 0.15) is 11.2 Å². The summed E-state index contributed by atoms with van der Waals surface area (Å²) in [5.41, 5.74) is 16.9. The molecule has 0 saturated carbocycles. The summed E-state index contributed by atoms with van der Waals surface area (Å²) in [5.74, 6) is 0. The van der Waals surface area contributed by atoms with Crippen molar-refractivity contribution in [3.05, 3.63) is 249 Å². The summed E-state index contributed by atoms with van der Waals surface area (Å²) in [6.07, 6.45) is 0. The molecule has 0 aliphatic rings. The summed E-state index contributed by atoms with van der Waals surface area (Å²) < 4.78 is 6.56. The van der Waals surface area contributed by atoms with Gasteiger partial charge in [0.25, 0.3) is 0 Å². The van der Waals surface area contributed by atoms with Crippen molar-refractivity contribution in [3.63, 3.8) is 0 Å². The number of nitrogens with zero attached hydrogens (tertiary/aromatic N) is 1. The van der Waals surface area contributed by atoms with Crippen LogP contribution in [0.25, 0.3) is 99.1 Å². The van der Waals surface area contributed by atoms with Crippen LogP contribution in [0.15, 0.2) is 253 Å². The molecule has 0 unspecified atom stereocenters. The van der Waals surface area contributed by atoms with Crippen molar-refractivity contribution >= 4 is 60.5 Å². The fourth-order valence-corrected chi connectivity index (χ4v) is 9.40. The lowest BCUT2D eigenvalue weighted by Gasteiger charge is -2.26. The van der Waals surface area contributed by atoms with Crippen molar-refractivity contribution in [1.82, 2.24) is 0 Å². The van der Waals surface area contributed by atoms with Crippen molar-refractivity contribution in [2.75, 3.05) is 4.90 Å². The van der Waals surface area contributed by atoms with E-state index in [1.807, 2.05) is 0 Å². The van der Waals surface area contributed by atoms with Crippen LogP contribution in [0.4, 0.5) is 17.1 Å². The zero-order chi connectivity index (χ0) is 42.4. The second kappa shape index (κ2) is 15.8. The highest BCUT2D eigenvalue weighted by Crippen LogP contribution is 2.42. The second-order valence-corrected chi connectivity index (χ2v) is 16.5. The van der Waals surface area contributed by atoms with Crippen molar-refractivity contribution in [1.29, 1.82) is 0 Å². The van der Waals surface area contributed by atoms with Crippen LogP contribution < -0.4 is 4.90 Å². The van der Waals surface area contributed by atoms with Crippen molar-refractivity contribution in [2.45, 2.75) is 0 Å². The molecule has 0 saturated heterocycles. The van der Waals surface area contributed by atoms with E-state index >= 15 is 0 Å². The number of hydrogen-bond donors (Lipinski definition) is 0. The van der Waals surface area contributed by atoms with Crippen LogP contribution in [0.3, 0.4) is 0 Å². The normalized spacial score (nSPS) is 11.4. The van der Waals surface area contributed by atoms with Gasteiger partial charge in [-0.25, -0.2) is 0 Å². The van der Waals surface area contributed by atoms with E-state index in [9.17, 15) is 0 Å². The Hall–Kier alpha value is -8.46. The van der Waals surface area contributed by atoms with Gasteiger partial charge in [-0.05, 0) is 145 Å². The van der Waals surface area contributed by atoms with Crippen molar-refractivity contribution < 1.29 is 4.42 Å². The van der Waals surface area contributed by atoms with Crippen LogP contribution in [0.5, 0.6) is 0 Å². The fourth-order valence-electron chi connectivity index (χ4n) is 9.40. The van der Waals surface area contributed by atoms with Gasteiger partial charge in [0.15, 0.2) is 0 Å². The number of furan rings is 1. The third-order valence-corrected chi connectivity index (χ3v) is 12.6. The van der Waals surface area contributed by atoms with Crippen LogP contribution in [0, 0.1) is 0 Å². The van der Waals surface area contributed by atoms with Crippen LogP contribution >= 0.6 is 0 Å². The molecule has 12 aromatic rings. The molecular formula is C62H41NO. The highest BCUT2D eigenvalue weighted by atomic mass is 16.3. The van der Waals surface area contributed by atoms with Crippen LogP contribution in [-0.2, 0) is 0 Å². The molecular weight excluding hydrogens is 775 g/mol. The third kappa shape index (κ3) is 6.79. The Morgan fingerprint density at radius 3 is 1.34 bits per heavy atom. The van der Waals surface area contributed by atoms with E-state index in [0.717, 1.165) is 61.1 Å². The third-order valence-electron chi connectivity index (χ3n) is 12.6. The summed E-state index contributed by atoms with van der Waals surface area (Å²) >= 11 is 0. The SMILES string of the molecule is c1ccc(-c2cc(-c3ccccc3)cc(-c3ccc(N(c4ccc(-c5ccc6ccccc6c5)cc4)c4ccc(-c5cccc6oc7c8ccccc8ccc7c56)cc4)cc3)c2)cc1. The number of benzene rings is 11. The van der Waals surface area contributed by atoms with Gasteiger partial charge in [-0.2, -0.15) is 0 Å². The average Bonchev–Trinajstić information content (AvgIpc) is 3.77. The number of anilines is 3. The molecule has 1 aromatic heterocycles. The van der Waals surface area contributed by atoms with Gasteiger partial charge in [-0.1, -0.05) is 176 Å². The molecule has 11 aromatic carbocycles. The Kier molecular flexibility index (Phi) is 9.20. The van der Waals surface area contributed by atoms with Gasteiger partial charge in [-0.3, -0.25) is 0 Å². The lowest BCUT2D eigenvalue weighted by atomic mass is 9.93. The minimum absolute atomic E-state index is 0.895. The maximum absolute atomic E-state index is 6.56. The maximum atomic E-state index is 6.56. The maximum Gasteiger partial charge on any atom is 0.143 e. The van der Waals surface area contributed by atoms with E-state index < -0.39 is 0 Å².